The van der Waals surface area contributed by atoms with E-state index in [4.69, 9.17) is 90.0 Å². The van der Waals surface area contributed by atoms with E-state index >= 15 is 4.79 Å². The number of aromatic hydroxyl groups is 1. The summed E-state index contributed by atoms with van der Waals surface area (Å²) < 4.78 is 115. The number of aldehydes is 2. The fourth-order valence-corrected chi connectivity index (χ4v) is 16.7. The Hall–Kier alpha value is -13.1. The number of phenols is 1. The molecule has 136 heavy (non-hydrogen) atoms. The van der Waals surface area contributed by atoms with E-state index in [1.807, 2.05) is 13.0 Å². The number of rotatable bonds is 49. The molecular formula is C101H114O35. The van der Waals surface area contributed by atoms with Crippen molar-refractivity contribution in [3.8, 4) is 126 Å². The number of hydrogen-bond donors (Lipinski definition) is 13. The third kappa shape index (κ3) is 22.2. The lowest BCUT2D eigenvalue weighted by atomic mass is 9.82. The van der Waals surface area contributed by atoms with Crippen molar-refractivity contribution in [2.75, 3.05) is 131 Å². The molecule has 0 fully saturated rings. The molecule has 35 heteroatoms. The Morgan fingerprint density at radius 1 is 0.390 bits per heavy atom. The summed E-state index contributed by atoms with van der Waals surface area (Å²) >= 11 is 0. The number of ketones is 1. The van der Waals surface area contributed by atoms with Gasteiger partial charge in [-0.3, -0.25) is 9.59 Å². The Kier molecular flexibility index (Phi) is 35.1. The molecule has 2 aliphatic rings. The zero-order valence-electron chi connectivity index (χ0n) is 76.8. The van der Waals surface area contributed by atoms with Gasteiger partial charge in [-0.05, 0) is 172 Å². The summed E-state index contributed by atoms with van der Waals surface area (Å²) in [5.41, 5.74) is 3.98. The first kappa shape index (κ1) is 102. The van der Waals surface area contributed by atoms with Crippen LogP contribution in [0, 0.1) is 11.8 Å². The number of aliphatic hydroxyl groups is 12. The van der Waals surface area contributed by atoms with Crippen LogP contribution in [0.15, 0.2) is 164 Å². The predicted octanol–water partition coefficient (Wildman–Crippen LogP) is 9.61. The first-order chi connectivity index (χ1) is 65.8. The van der Waals surface area contributed by atoms with Gasteiger partial charge in [-0.15, -0.1) is 0 Å². The first-order valence-electron chi connectivity index (χ1n) is 43.3. The second-order valence-corrected chi connectivity index (χ2v) is 32.2. The number of aliphatic hydroxyl groups excluding tert-OH is 12. The van der Waals surface area contributed by atoms with E-state index in [0.29, 0.717) is 69.8 Å². The van der Waals surface area contributed by atoms with Crippen LogP contribution in [-0.2, 0) is 27.2 Å². The maximum Gasteiger partial charge on any atom is 0.205 e. The number of hydrogen-bond acceptors (Lipinski definition) is 35. The number of carbonyl (C=O) groups excluding carboxylic acids is 3. The predicted molar refractivity (Wildman–Crippen MR) is 489 cm³/mol. The highest BCUT2D eigenvalue weighted by atomic mass is 16.6. The molecule has 0 bridgehead atoms. The van der Waals surface area contributed by atoms with Crippen LogP contribution < -0.4 is 85.3 Å². The standard InChI is InChI=1S/C101H114O35/c1-52(68(45-105)92(113)57-16-23-73(118-2)80(35-57)121-5)27-53-13-21-75(79(30-53)120-4)132-90(50-110)96(117)59-18-25-76(82(37-59)123-7)131-87-41-62(40-86(127-11)101(87)130-64(43-103)44-104)98-91(51-111)135-99-67(33-61(39-85(99)126-10)93(114)69(46-106)55-14-20-71(112)78(34-55)119-3)65-32-56(15-22-72(65)134-98)95(116)89(49-109)133-77-26-19-60(38-83(77)124-8)97-70(47-107)66-29-54(31-84(125-9)100(66)136-97)28-63(42-102)129-74-24-17-58(36-81(74)122-6)94(115)88(48-108)128-12/h13-26,29-41,43,48,52,63-64,68-70,88-92,94-98,102,104-107,109-113,115-117H,27-28,42,44-47,49-51H2,1-12H3. The molecule has 0 aliphatic carbocycles. The van der Waals surface area contributed by atoms with E-state index in [1.165, 1.54) is 175 Å². The Balaban J connectivity index is 0.852. The van der Waals surface area contributed by atoms with Gasteiger partial charge in [-0.25, -0.2) is 0 Å². The normalized spacial score (nSPS) is 16.9. The smallest absolute Gasteiger partial charge is 0.205 e. The van der Waals surface area contributed by atoms with Gasteiger partial charge in [0.2, 0.25) is 5.75 Å². The van der Waals surface area contributed by atoms with Crippen LogP contribution in [0.1, 0.15) is 121 Å². The quantitative estimate of drug-likeness (QED) is 0.0125. The Morgan fingerprint density at radius 3 is 1.49 bits per heavy atom. The summed E-state index contributed by atoms with van der Waals surface area (Å²) in [6, 6.07) is 41.6. The molecule has 0 saturated heterocycles. The number of fused-ring (bicyclic) bond motifs is 4. The molecule has 10 aromatic carbocycles. The highest BCUT2D eigenvalue weighted by molar-refractivity contribution is 6.03. The molecule has 2 aliphatic heterocycles. The summed E-state index contributed by atoms with van der Waals surface area (Å²) in [5.74, 6) is -2.14. The lowest BCUT2D eigenvalue weighted by Crippen LogP contribution is -2.34. The van der Waals surface area contributed by atoms with E-state index in [2.05, 4.69) is 0 Å². The number of benzene rings is 10. The highest BCUT2D eigenvalue weighted by Crippen LogP contribution is 2.55. The van der Waals surface area contributed by atoms with E-state index in [-0.39, 0.29) is 150 Å². The molecule has 0 saturated carbocycles. The van der Waals surface area contributed by atoms with Crippen LogP contribution in [-0.4, -0.2) is 252 Å². The van der Waals surface area contributed by atoms with Crippen LogP contribution in [0.5, 0.6) is 115 Å². The van der Waals surface area contributed by atoms with Gasteiger partial charge in [-0.1, -0.05) is 55.5 Å². The molecule has 0 radical (unpaired) electrons. The van der Waals surface area contributed by atoms with Gasteiger partial charge < -0.3 is 161 Å². The van der Waals surface area contributed by atoms with Gasteiger partial charge in [-0.2, -0.15) is 0 Å². The van der Waals surface area contributed by atoms with Gasteiger partial charge in [0.1, 0.15) is 42.4 Å². The van der Waals surface area contributed by atoms with E-state index < -0.39 is 143 Å². The number of ether oxygens (including phenoxy) is 19. The fourth-order valence-electron chi connectivity index (χ4n) is 16.7. The highest BCUT2D eigenvalue weighted by Gasteiger charge is 2.42. The van der Waals surface area contributed by atoms with Gasteiger partial charge in [0.25, 0.3) is 0 Å². The summed E-state index contributed by atoms with van der Waals surface area (Å²) in [6.45, 7) is -3.25. The Bertz CT molecular complexity index is 5750. The second kappa shape index (κ2) is 46.9. The summed E-state index contributed by atoms with van der Waals surface area (Å²) in [6.07, 6.45) is -14.5. The third-order valence-electron chi connectivity index (χ3n) is 24.1. The molecule has 2 heterocycles. The van der Waals surface area contributed by atoms with Gasteiger partial charge in [0.05, 0.1) is 135 Å². The lowest BCUT2D eigenvalue weighted by Gasteiger charge is -2.33. The number of Topliss-reactive ketones (excluding diaryl/α,β-unsaturated/α-hetero) is 1. The minimum atomic E-state index is -1.73. The zero-order chi connectivity index (χ0) is 97.9. The molecule has 35 nitrogen and oxygen atoms in total. The second-order valence-electron chi connectivity index (χ2n) is 32.2. The average molecular weight is 1890 g/mol. The van der Waals surface area contributed by atoms with Crippen molar-refractivity contribution < 1.29 is 171 Å². The van der Waals surface area contributed by atoms with Crippen LogP contribution in [0.3, 0.4) is 0 Å². The molecule has 0 amide bonds. The topological polar surface area (TPSA) is 490 Å². The summed E-state index contributed by atoms with van der Waals surface area (Å²) in [4.78, 5) is 39.3. The van der Waals surface area contributed by atoms with E-state index in [0.717, 1.165) is 5.56 Å². The minimum absolute atomic E-state index is 0.00937. The van der Waals surface area contributed by atoms with E-state index in [1.54, 1.807) is 60.7 Å². The molecule has 12 rings (SSSR count). The maximum absolute atomic E-state index is 15.1. The molecule has 0 spiro atoms. The van der Waals surface area contributed by atoms with Crippen LogP contribution >= 0.6 is 0 Å². The number of phenolic OH excluding ortho intramolecular Hbond substituents is 1. The van der Waals surface area contributed by atoms with Gasteiger partial charge in [0.15, 0.2) is 152 Å². The van der Waals surface area contributed by atoms with Crippen LogP contribution in [0.4, 0.5) is 0 Å². The number of methoxy groups -OCH3 is 11. The van der Waals surface area contributed by atoms with Crippen molar-refractivity contribution in [1.29, 1.82) is 0 Å². The molecule has 16 unspecified atom stereocenters. The van der Waals surface area contributed by atoms with Gasteiger partial charge in [0, 0.05) is 53.9 Å². The summed E-state index contributed by atoms with van der Waals surface area (Å²) in [7, 11) is 15.1. The van der Waals surface area contributed by atoms with Crippen molar-refractivity contribution in [3.63, 3.8) is 0 Å². The van der Waals surface area contributed by atoms with Crippen molar-refractivity contribution in [2.24, 2.45) is 11.8 Å². The van der Waals surface area contributed by atoms with Gasteiger partial charge >= 0.3 is 0 Å². The third-order valence-corrected chi connectivity index (χ3v) is 24.1. The molecule has 10 aromatic rings. The minimum Gasteiger partial charge on any atom is -0.504 e. The van der Waals surface area contributed by atoms with Crippen LogP contribution in [0.2, 0.25) is 0 Å². The van der Waals surface area contributed by atoms with Crippen molar-refractivity contribution >= 4 is 18.4 Å². The monoisotopic (exact) mass is 1890 g/mol. The molecule has 0 aromatic heterocycles. The maximum atomic E-state index is 15.1. The zero-order valence-corrected chi connectivity index (χ0v) is 76.8. The molecule has 728 valence electrons. The fraction of sp³-hybridized carbons (Fsp3) is 0.376. The van der Waals surface area contributed by atoms with Crippen molar-refractivity contribution in [3.05, 3.63) is 225 Å². The van der Waals surface area contributed by atoms with Crippen molar-refractivity contribution in [2.45, 2.75) is 105 Å². The molecule has 16 atom stereocenters. The number of carbonyl (C=O) groups is 3. The lowest BCUT2D eigenvalue weighted by molar-refractivity contribution is -0.123. The average Bonchev–Trinajstić information content (AvgIpc) is 0.915. The Labute approximate surface area is 784 Å². The van der Waals surface area contributed by atoms with Crippen LogP contribution in [0.25, 0.3) is 11.1 Å². The van der Waals surface area contributed by atoms with Crippen molar-refractivity contribution in [1.82, 2.24) is 0 Å². The largest absolute Gasteiger partial charge is 0.504 e. The Morgan fingerprint density at radius 2 is 0.912 bits per heavy atom. The SMILES string of the molecule is COc1cc(C(CO)C(=O)c2cc(OC)c3c(c2)-c2cc(C(O)C(CO)Oc4ccc(C5Oc6c(OC)cc(CC(CO)Oc7ccc(C(O)C(C=O)OC)cc7OC)cc6C5CO)cc4OC)ccc2OC(c2cc(OC)c(OC(C=O)CO)c(Oc4ccc(C(O)C(CO)Oc5ccc(CC(C)C(CO)C(O)c6ccc(OC)c(OC)c6)cc5OC)cc4OC)c2)C(CO)O3)ccc1O. The molecular weight excluding hydrogens is 1770 g/mol. The van der Waals surface area contributed by atoms with E-state index in [9.17, 15) is 76.0 Å². The first-order valence-corrected chi connectivity index (χ1v) is 43.3. The summed E-state index contributed by atoms with van der Waals surface area (Å²) in [5, 5.41) is 146. The molecule has 13 N–H and O–H groups in total.